The van der Waals surface area contributed by atoms with E-state index in [-0.39, 0.29) is 35.7 Å². The fraction of sp³-hybridized carbons (Fsp3) is 0.286. The minimum Gasteiger partial charge on any atom is -0.331 e. The number of halogens is 2. The maximum Gasteiger partial charge on any atom is 0.317 e. The summed E-state index contributed by atoms with van der Waals surface area (Å²) >= 11 is 0. The van der Waals surface area contributed by atoms with Crippen LogP contribution in [0, 0.1) is 17.0 Å². The number of rotatable bonds is 4. The van der Waals surface area contributed by atoms with E-state index in [4.69, 9.17) is 0 Å². The molecule has 2 atom stereocenters. The van der Waals surface area contributed by atoms with Gasteiger partial charge in [0.1, 0.15) is 11.6 Å². The molecule has 0 aromatic heterocycles. The third kappa shape index (κ3) is 4.16. The van der Waals surface area contributed by atoms with Crippen molar-refractivity contribution in [1.29, 1.82) is 0 Å². The van der Waals surface area contributed by atoms with Crippen molar-refractivity contribution in [2.24, 2.45) is 5.41 Å². The van der Waals surface area contributed by atoms with Gasteiger partial charge in [-0.1, -0.05) is 42.5 Å². The summed E-state index contributed by atoms with van der Waals surface area (Å²) < 4.78 is 27.2. The highest BCUT2D eigenvalue weighted by atomic mass is 19.1. The Kier molecular flexibility index (Phi) is 6.01. The molecule has 2 fully saturated rings. The Hall–Kier alpha value is -3.74. The van der Waals surface area contributed by atoms with E-state index < -0.39 is 5.41 Å². The fourth-order valence-electron chi connectivity index (χ4n) is 5.33. The molecule has 7 heteroatoms. The van der Waals surface area contributed by atoms with E-state index in [1.165, 1.54) is 24.3 Å². The second kappa shape index (κ2) is 9.13. The van der Waals surface area contributed by atoms with E-state index in [1.54, 1.807) is 34.1 Å². The summed E-state index contributed by atoms with van der Waals surface area (Å²) in [6.07, 6.45) is 0.997. The summed E-state index contributed by atoms with van der Waals surface area (Å²) in [4.78, 5) is 29.9. The SMILES string of the molecule is C[C@H](NC(=O)N1CCC2(CC1)C(=O)N(c1ccc(F)cc1)C2c1ccc(F)cc1)c1ccccc1. The van der Waals surface area contributed by atoms with E-state index in [2.05, 4.69) is 5.32 Å². The van der Waals surface area contributed by atoms with Gasteiger partial charge in [0.25, 0.3) is 0 Å². The van der Waals surface area contributed by atoms with Crippen molar-refractivity contribution in [3.8, 4) is 0 Å². The number of likely N-dealkylation sites (tertiary alicyclic amines) is 1. The zero-order chi connectivity index (χ0) is 24.6. The molecule has 3 amide bonds. The number of amides is 3. The van der Waals surface area contributed by atoms with Gasteiger partial charge in [0, 0.05) is 18.8 Å². The van der Waals surface area contributed by atoms with Crippen molar-refractivity contribution >= 4 is 17.6 Å². The van der Waals surface area contributed by atoms with Gasteiger partial charge in [0.2, 0.25) is 5.91 Å². The summed E-state index contributed by atoms with van der Waals surface area (Å²) in [6, 6.07) is 21.2. The van der Waals surface area contributed by atoms with Gasteiger partial charge in [0.15, 0.2) is 0 Å². The smallest absolute Gasteiger partial charge is 0.317 e. The van der Waals surface area contributed by atoms with Gasteiger partial charge < -0.3 is 15.1 Å². The normalized spacial score (nSPS) is 19.9. The largest absolute Gasteiger partial charge is 0.331 e. The molecule has 180 valence electrons. The van der Waals surface area contributed by atoms with Crippen molar-refractivity contribution in [3.63, 3.8) is 0 Å². The molecule has 1 N–H and O–H groups in total. The zero-order valence-corrected chi connectivity index (χ0v) is 19.5. The van der Waals surface area contributed by atoms with Crippen LogP contribution in [0.15, 0.2) is 78.9 Å². The molecule has 35 heavy (non-hydrogen) atoms. The number of nitrogens with zero attached hydrogens (tertiary/aromatic N) is 2. The van der Waals surface area contributed by atoms with Gasteiger partial charge in [-0.15, -0.1) is 0 Å². The molecule has 3 aromatic rings. The monoisotopic (exact) mass is 475 g/mol. The number of carbonyl (C=O) groups excluding carboxylic acids is 2. The minimum atomic E-state index is -0.686. The quantitative estimate of drug-likeness (QED) is 0.499. The third-order valence-corrected chi connectivity index (χ3v) is 7.30. The van der Waals surface area contributed by atoms with Crippen LogP contribution in [-0.4, -0.2) is 29.9 Å². The molecule has 1 unspecified atom stereocenters. The Morgan fingerprint density at radius 3 is 2.09 bits per heavy atom. The Bertz CT molecular complexity index is 1210. The molecule has 5 nitrogen and oxygen atoms in total. The number of urea groups is 1. The van der Waals surface area contributed by atoms with Crippen molar-refractivity contribution in [2.75, 3.05) is 18.0 Å². The number of hydrogen-bond donors (Lipinski definition) is 1. The van der Waals surface area contributed by atoms with Crippen LogP contribution in [0.2, 0.25) is 0 Å². The van der Waals surface area contributed by atoms with Gasteiger partial charge in [-0.2, -0.15) is 0 Å². The standard InChI is InChI=1S/C28H27F2N3O2/c1-19(20-5-3-2-4-6-20)31-27(35)32-17-15-28(16-18-32)25(21-7-9-22(29)10-8-21)33(26(28)34)24-13-11-23(30)12-14-24/h2-14,19,25H,15-18H2,1H3,(H,31,35)/t19-,25?/m0/s1. The van der Waals surface area contributed by atoms with E-state index >= 15 is 0 Å². The molecule has 2 heterocycles. The molecule has 0 aliphatic carbocycles. The lowest BCUT2D eigenvalue weighted by Crippen LogP contribution is -2.67. The summed E-state index contributed by atoms with van der Waals surface area (Å²) in [5.74, 6) is -0.768. The number of hydrogen-bond acceptors (Lipinski definition) is 2. The van der Waals surface area contributed by atoms with Gasteiger partial charge in [0.05, 0.1) is 17.5 Å². The summed E-state index contributed by atoms with van der Waals surface area (Å²) in [5, 5.41) is 3.04. The van der Waals surface area contributed by atoms with Crippen LogP contribution < -0.4 is 10.2 Å². The fourth-order valence-corrected chi connectivity index (χ4v) is 5.33. The van der Waals surface area contributed by atoms with Crippen molar-refractivity contribution in [3.05, 3.63) is 102 Å². The number of benzene rings is 3. The number of anilines is 1. The molecule has 3 aromatic carbocycles. The molecule has 2 aliphatic rings. The molecule has 5 rings (SSSR count). The van der Waals surface area contributed by atoms with E-state index in [0.29, 0.717) is 31.6 Å². The number of piperidine rings is 1. The first-order chi connectivity index (χ1) is 16.9. The van der Waals surface area contributed by atoms with Gasteiger partial charge in [-0.25, -0.2) is 13.6 Å². The maximum atomic E-state index is 13.6. The Labute approximate surface area is 203 Å². The van der Waals surface area contributed by atoms with E-state index in [0.717, 1.165) is 11.1 Å². The highest BCUT2D eigenvalue weighted by molar-refractivity contribution is 6.06. The van der Waals surface area contributed by atoms with Crippen LogP contribution in [0.1, 0.15) is 43.0 Å². The molecular formula is C28H27F2N3O2. The van der Waals surface area contributed by atoms with Gasteiger partial charge in [-0.05, 0) is 67.3 Å². The van der Waals surface area contributed by atoms with Crippen LogP contribution in [0.3, 0.4) is 0 Å². The highest BCUT2D eigenvalue weighted by Crippen LogP contribution is 2.57. The van der Waals surface area contributed by atoms with Gasteiger partial charge in [-0.3, -0.25) is 4.79 Å². The Balaban J connectivity index is 1.34. The first-order valence-corrected chi connectivity index (χ1v) is 11.8. The zero-order valence-electron chi connectivity index (χ0n) is 19.5. The highest BCUT2D eigenvalue weighted by Gasteiger charge is 2.62. The molecular weight excluding hydrogens is 448 g/mol. The van der Waals surface area contributed by atoms with Crippen molar-refractivity contribution in [2.45, 2.75) is 31.8 Å². The number of β-lactam (4-membered cyclic amide) rings is 1. The lowest BCUT2D eigenvalue weighted by atomic mass is 9.62. The minimum absolute atomic E-state index is 0.0452. The molecule has 0 saturated carbocycles. The average molecular weight is 476 g/mol. The predicted molar refractivity (Wildman–Crippen MR) is 130 cm³/mol. The molecule has 2 aliphatic heterocycles. The van der Waals surface area contributed by atoms with Crippen LogP contribution in [0.5, 0.6) is 0 Å². The van der Waals surface area contributed by atoms with Crippen molar-refractivity contribution in [1.82, 2.24) is 10.2 Å². The summed E-state index contributed by atoms with van der Waals surface area (Å²) in [7, 11) is 0. The molecule has 2 saturated heterocycles. The number of carbonyl (C=O) groups is 2. The number of nitrogens with one attached hydrogen (secondary N) is 1. The predicted octanol–water partition coefficient (Wildman–Crippen LogP) is 5.61. The second-order valence-corrected chi connectivity index (χ2v) is 9.33. The third-order valence-electron chi connectivity index (χ3n) is 7.30. The topological polar surface area (TPSA) is 52.7 Å². The van der Waals surface area contributed by atoms with Crippen LogP contribution in [0.4, 0.5) is 19.3 Å². The van der Waals surface area contributed by atoms with Crippen molar-refractivity contribution < 1.29 is 18.4 Å². The van der Waals surface area contributed by atoms with Crippen LogP contribution >= 0.6 is 0 Å². The second-order valence-electron chi connectivity index (χ2n) is 9.33. The molecule has 0 bridgehead atoms. The van der Waals surface area contributed by atoms with Crippen LogP contribution in [0.25, 0.3) is 0 Å². The molecule has 1 spiro atoms. The summed E-state index contributed by atoms with van der Waals surface area (Å²) in [5.41, 5.74) is 1.77. The first-order valence-electron chi connectivity index (χ1n) is 11.8. The molecule has 0 radical (unpaired) electrons. The van der Waals surface area contributed by atoms with Gasteiger partial charge >= 0.3 is 6.03 Å². The first kappa shape index (κ1) is 23.0. The lowest BCUT2D eigenvalue weighted by Gasteiger charge is -2.59. The average Bonchev–Trinajstić information content (AvgIpc) is 2.89. The summed E-state index contributed by atoms with van der Waals surface area (Å²) in [6.45, 7) is 2.82. The Morgan fingerprint density at radius 1 is 0.914 bits per heavy atom. The lowest BCUT2D eigenvalue weighted by molar-refractivity contribution is -0.144. The van der Waals surface area contributed by atoms with Crippen LogP contribution in [-0.2, 0) is 4.79 Å². The van der Waals surface area contributed by atoms with E-state index in [1.807, 2.05) is 37.3 Å². The maximum absolute atomic E-state index is 13.6. The van der Waals surface area contributed by atoms with E-state index in [9.17, 15) is 18.4 Å². The Morgan fingerprint density at radius 2 is 1.49 bits per heavy atom.